The van der Waals surface area contributed by atoms with Gasteiger partial charge in [0.1, 0.15) is 11.6 Å². The summed E-state index contributed by atoms with van der Waals surface area (Å²) in [4.78, 5) is 12.2. The van der Waals surface area contributed by atoms with Crippen molar-refractivity contribution >= 4 is 5.95 Å². The van der Waals surface area contributed by atoms with E-state index in [1.807, 2.05) is 13.8 Å². The number of nitrogens with one attached hydrogen (secondary N) is 2. The van der Waals surface area contributed by atoms with Gasteiger partial charge in [-0.05, 0) is 13.8 Å². The second-order valence-electron chi connectivity index (χ2n) is 2.56. The van der Waals surface area contributed by atoms with Gasteiger partial charge in [0.05, 0.1) is 6.67 Å². The zero-order valence-electron chi connectivity index (χ0n) is 7.83. The van der Waals surface area contributed by atoms with Crippen LogP contribution in [0.1, 0.15) is 11.6 Å². The van der Waals surface area contributed by atoms with E-state index < -0.39 is 0 Å². The molecule has 72 valence electrons. The minimum Gasteiger partial charge on any atom is -0.342 e. The molecule has 1 heterocycles. The zero-order valence-corrected chi connectivity index (χ0v) is 7.83. The molecule has 1 rings (SSSR count). The fourth-order valence-corrected chi connectivity index (χ4v) is 0.908. The third kappa shape index (κ3) is 3.30. The Morgan fingerprint density at radius 1 is 1.15 bits per heavy atom. The van der Waals surface area contributed by atoms with Gasteiger partial charge in [-0.25, -0.2) is 4.98 Å². The summed E-state index contributed by atoms with van der Waals surface area (Å²) in [6, 6.07) is 0. The molecule has 0 saturated carbocycles. The fourth-order valence-electron chi connectivity index (χ4n) is 0.908. The van der Waals surface area contributed by atoms with Gasteiger partial charge in [-0.15, -0.1) is 0 Å². The van der Waals surface area contributed by atoms with Gasteiger partial charge in [-0.1, -0.05) is 0 Å². The van der Waals surface area contributed by atoms with Crippen LogP contribution in [0, 0.1) is 13.8 Å². The molecule has 0 atom stereocenters. The second-order valence-corrected chi connectivity index (χ2v) is 2.56. The minimum atomic E-state index is 0.427. The Hall–Kier alpha value is -1.27. The molecule has 0 bridgehead atoms. The SMILES string of the molecule is Cc1nc(C)nc(NCNCN)n1. The predicted octanol–water partition coefficient (Wildman–Crippen LogP) is -0.636. The standard InChI is InChI=1S/C7H14N6/c1-5-11-6(2)13-7(12-5)10-4-9-3-8/h9H,3-4,8H2,1-2H3,(H,10,11,12,13). The molecule has 0 radical (unpaired) electrons. The van der Waals surface area contributed by atoms with Gasteiger partial charge in [0, 0.05) is 6.67 Å². The largest absolute Gasteiger partial charge is 0.342 e. The molecule has 0 aliphatic carbocycles. The van der Waals surface area contributed by atoms with Crippen molar-refractivity contribution in [2.24, 2.45) is 5.73 Å². The van der Waals surface area contributed by atoms with Crippen molar-refractivity contribution in [2.75, 3.05) is 18.7 Å². The van der Waals surface area contributed by atoms with Gasteiger partial charge in [-0.3, -0.25) is 5.32 Å². The Morgan fingerprint density at radius 2 is 1.77 bits per heavy atom. The summed E-state index contributed by atoms with van der Waals surface area (Å²) in [5.41, 5.74) is 5.25. The van der Waals surface area contributed by atoms with Crippen molar-refractivity contribution < 1.29 is 0 Å². The lowest BCUT2D eigenvalue weighted by Crippen LogP contribution is -2.28. The average molecular weight is 182 g/mol. The van der Waals surface area contributed by atoms with Gasteiger partial charge in [0.2, 0.25) is 5.95 Å². The van der Waals surface area contributed by atoms with Crippen molar-refractivity contribution in [3.63, 3.8) is 0 Å². The van der Waals surface area contributed by atoms with E-state index >= 15 is 0 Å². The van der Waals surface area contributed by atoms with E-state index in [0.29, 0.717) is 30.9 Å². The fraction of sp³-hybridized carbons (Fsp3) is 0.571. The van der Waals surface area contributed by atoms with Crippen LogP contribution in [0.15, 0.2) is 0 Å². The number of hydrogen-bond acceptors (Lipinski definition) is 6. The van der Waals surface area contributed by atoms with Crippen molar-refractivity contribution in [3.8, 4) is 0 Å². The Bertz CT molecular complexity index is 253. The van der Waals surface area contributed by atoms with Crippen molar-refractivity contribution in [1.29, 1.82) is 0 Å². The second kappa shape index (κ2) is 4.68. The van der Waals surface area contributed by atoms with Crippen LogP contribution in [0.4, 0.5) is 5.95 Å². The van der Waals surface area contributed by atoms with Crippen LogP contribution in [-0.2, 0) is 0 Å². The van der Waals surface area contributed by atoms with Crippen LogP contribution >= 0.6 is 0 Å². The van der Waals surface area contributed by atoms with Gasteiger partial charge >= 0.3 is 0 Å². The Morgan fingerprint density at radius 3 is 2.31 bits per heavy atom. The summed E-state index contributed by atoms with van der Waals surface area (Å²) in [7, 11) is 0. The van der Waals surface area contributed by atoms with Crippen LogP contribution in [0.2, 0.25) is 0 Å². The Kier molecular flexibility index (Phi) is 3.53. The van der Waals surface area contributed by atoms with Gasteiger partial charge in [0.25, 0.3) is 0 Å². The van der Waals surface area contributed by atoms with Crippen LogP contribution in [0.3, 0.4) is 0 Å². The lowest BCUT2D eigenvalue weighted by molar-refractivity contribution is 0.741. The van der Waals surface area contributed by atoms with Crippen molar-refractivity contribution in [2.45, 2.75) is 13.8 Å². The molecule has 0 aromatic carbocycles. The molecule has 1 aromatic heterocycles. The zero-order chi connectivity index (χ0) is 9.68. The molecule has 0 fully saturated rings. The Labute approximate surface area is 77.0 Å². The maximum Gasteiger partial charge on any atom is 0.227 e. The Balaban J connectivity index is 2.56. The van der Waals surface area contributed by atoms with Gasteiger partial charge in [-0.2, -0.15) is 9.97 Å². The first-order chi connectivity index (χ1) is 6.22. The van der Waals surface area contributed by atoms with E-state index in [1.165, 1.54) is 0 Å². The summed E-state index contributed by atoms with van der Waals surface area (Å²) in [6.07, 6.45) is 0. The molecule has 1 aromatic rings. The normalized spacial score (nSPS) is 10.1. The maximum atomic E-state index is 5.25. The first kappa shape index (κ1) is 9.82. The number of nitrogens with two attached hydrogens (primary N) is 1. The van der Waals surface area contributed by atoms with Crippen molar-refractivity contribution in [3.05, 3.63) is 11.6 Å². The number of aromatic nitrogens is 3. The molecule has 0 unspecified atom stereocenters. The quantitative estimate of drug-likeness (QED) is 0.424. The third-order valence-corrected chi connectivity index (χ3v) is 1.37. The van der Waals surface area contributed by atoms with E-state index in [1.54, 1.807) is 0 Å². The van der Waals surface area contributed by atoms with E-state index in [2.05, 4.69) is 25.6 Å². The first-order valence-corrected chi connectivity index (χ1v) is 4.06. The number of nitrogens with zero attached hydrogens (tertiary/aromatic N) is 3. The molecular weight excluding hydrogens is 168 g/mol. The number of rotatable bonds is 4. The molecule has 0 aliphatic rings. The van der Waals surface area contributed by atoms with Crippen molar-refractivity contribution in [1.82, 2.24) is 20.3 Å². The molecular formula is C7H14N6. The van der Waals surface area contributed by atoms with Crippen LogP contribution in [-0.4, -0.2) is 28.3 Å². The molecule has 0 amide bonds. The summed E-state index contributed by atoms with van der Waals surface area (Å²) < 4.78 is 0. The lowest BCUT2D eigenvalue weighted by Gasteiger charge is -2.05. The molecule has 0 aliphatic heterocycles. The van der Waals surface area contributed by atoms with E-state index in [9.17, 15) is 0 Å². The number of aryl methyl sites for hydroxylation is 2. The van der Waals surface area contributed by atoms with Crippen LogP contribution < -0.4 is 16.4 Å². The highest BCUT2D eigenvalue weighted by atomic mass is 15.2. The summed E-state index contributed by atoms with van der Waals surface area (Å²) in [5, 5.41) is 5.88. The predicted molar refractivity (Wildman–Crippen MR) is 50.0 cm³/mol. The smallest absolute Gasteiger partial charge is 0.227 e. The molecule has 13 heavy (non-hydrogen) atoms. The summed E-state index contributed by atoms with van der Waals surface area (Å²) >= 11 is 0. The molecule has 6 nitrogen and oxygen atoms in total. The van der Waals surface area contributed by atoms with E-state index in [-0.39, 0.29) is 0 Å². The highest BCUT2D eigenvalue weighted by Crippen LogP contribution is 1.97. The van der Waals surface area contributed by atoms with Gasteiger partial charge in [0.15, 0.2) is 0 Å². The third-order valence-electron chi connectivity index (χ3n) is 1.37. The molecule has 0 spiro atoms. The molecule has 0 saturated heterocycles. The molecule has 6 heteroatoms. The van der Waals surface area contributed by atoms with Crippen LogP contribution in [0.25, 0.3) is 0 Å². The average Bonchev–Trinajstić information content (AvgIpc) is 2.03. The summed E-state index contributed by atoms with van der Waals surface area (Å²) in [6.45, 7) is 4.64. The van der Waals surface area contributed by atoms with E-state index in [4.69, 9.17) is 5.73 Å². The summed E-state index contributed by atoms with van der Waals surface area (Å²) in [5.74, 6) is 2.00. The topological polar surface area (TPSA) is 88.8 Å². The first-order valence-electron chi connectivity index (χ1n) is 4.06. The monoisotopic (exact) mass is 182 g/mol. The maximum absolute atomic E-state index is 5.25. The lowest BCUT2D eigenvalue weighted by atomic mass is 10.6. The minimum absolute atomic E-state index is 0.427. The molecule has 4 N–H and O–H groups in total. The van der Waals surface area contributed by atoms with Crippen LogP contribution in [0.5, 0.6) is 0 Å². The van der Waals surface area contributed by atoms with E-state index in [0.717, 1.165) is 0 Å². The number of anilines is 1. The highest BCUT2D eigenvalue weighted by molar-refractivity contribution is 5.23. The highest BCUT2D eigenvalue weighted by Gasteiger charge is 1.97. The number of hydrogen-bond donors (Lipinski definition) is 3. The van der Waals surface area contributed by atoms with Gasteiger partial charge < -0.3 is 11.1 Å².